The number of carbonyl (C=O) groups excluding carboxylic acids is 1. The monoisotopic (exact) mass is 266 g/mol. The number of aliphatic carboxylic acids is 1. The van der Waals surface area contributed by atoms with Crippen molar-refractivity contribution in [2.75, 3.05) is 0 Å². The smallest absolute Gasteiger partial charge is 0.331 e. The van der Waals surface area contributed by atoms with E-state index in [2.05, 4.69) is 20.8 Å². The number of fused-ring (bicyclic) bond motifs is 2. The number of carbonyl (C=O) groups is 2. The fourth-order valence-electron chi connectivity index (χ4n) is 4.09. The average Bonchev–Trinajstić information content (AvgIpc) is 2.75. The van der Waals surface area contributed by atoms with Crippen LogP contribution in [0.4, 0.5) is 0 Å². The van der Waals surface area contributed by atoms with Gasteiger partial charge in [0.05, 0.1) is 0 Å². The van der Waals surface area contributed by atoms with Crippen LogP contribution < -0.4 is 0 Å². The van der Waals surface area contributed by atoms with Gasteiger partial charge in [0.15, 0.2) is 0 Å². The molecule has 2 fully saturated rings. The second-order valence-corrected chi connectivity index (χ2v) is 6.85. The molecule has 0 aromatic rings. The zero-order valence-corrected chi connectivity index (χ0v) is 12.0. The van der Waals surface area contributed by atoms with Crippen LogP contribution in [0.3, 0.4) is 0 Å². The standard InChI is InChI=1S/C15H22O4/c1-13(2)10-7-8-14(3,9-10)15(13,4)19-12(18)6-5-11(16)17/h5-6,10H,7-9H2,1-4H3,(H,16,17)/b6-5-. The molecule has 2 saturated carbocycles. The number of esters is 1. The number of hydrogen-bond acceptors (Lipinski definition) is 3. The molecule has 2 rings (SSSR count). The van der Waals surface area contributed by atoms with Crippen LogP contribution in [0.15, 0.2) is 12.2 Å². The third-order valence-electron chi connectivity index (χ3n) is 5.81. The molecular weight excluding hydrogens is 244 g/mol. The SMILES string of the molecule is CC12CCC(C1)C(C)(C)C2(C)OC(=O)/C=C\C(=O)O. The lowest BCUT2D eigenvalue weighted by atomic mass is 9.61. The molecule has 106 valence electrons. The average molecular weight is 266 g/mol. The summed E-state index contributed by atoms with van der Waals surface area (Å²) in [7, 11) is 0. The van der Waals surface area contributed by atoms with Crippen LogP contribution in [0.25, 0.3) is 0 Å². The molecule has 2 bridgehead atoms. The van der Waals surface area contributed by atoms with Gasteiger partial charge in [-0.2, -0.15) is 0 Å². The van der Waals surface area contributed by atoms with Crippen molar-refractivity contribution >= 4 is 11.9 Å². The Morgan fingerprint density at radius 1 is 1.21 bits per heavy atom. The third kappa shape index (κ3) is 1.88. The molecule has 3 unspecified atom stereocenters. The van der Waals surface area contributed by atoms with Gasteiger partial charge in [-0.25, -0.2) is 9.59 Å². The van der Waals surface area contributed by atoms with E-state index in [-0.39, 0.29) is 10.8 Å². The van der Waals surface area contributed by atoms with E-state index in [0.29, 0.717) is 5.92 Å². The van der Waals surface area contributed by atoms with Gasteiger partial charge in [-0.1, -0.05) is 20.8 Å². The maximum Gasteiger partial charge on any atom is 0.331 e. The summed E-state index contributed by atoms with van der Waals surface area (Å²) in [5.74, 6) is -1.13. The quantitative estimate of drug-likeness (QED) is 0.630. The zero-order chi connectivity index (χ0) is 14.5. The predicted octanol–water partition coefficient (Wildman–Crippen LogP) is 2.78. The second kappa shape index (κ2) is 4.09. The van der Waals surface area contributed by atoms with E-state index >= 15 is 0 Å². The van der Waals surface area contributed by atoms with Crippen molar-refractivity contribution in [1.82, 2.24) is 0 Å². The van der Waals surface area contributed by atoms with Gasteiger partial charge in [0.2, 0.25) is 0 Å². The van der Waals surface area contributed by atoms with Gasteiger partial charge >= 0.3 is 11.9 Å². The molecular formula is C15H22O4. The highest BCUT2D eigenvalue weighted by Crippen LogP contribution is 2.69. The van der Waals surface area contributed by atoms with Gasteiger partial charge in [-0.05, 0) is 32.1 Å². The van der Waals surface area contributed by atoms with Gasteiger partial charge in [0.1, 0.15) is 5.60 Å². The summed E-state index contributed by atoms with van der Waals surface area (Å²) in [6, 6.07) is 0. The molecule has 0 spiro atoms. The summed E-state index contributed by atoms with van der Waals surface area (Å²) >= 11 is 0. The minimum Gasteiger partial charge on any atom is -0.478 e. The van der Waals surface area contributed by atoms with Crippen LogP contribution in [0.1, 0.15) is 47.0 Å². The van der Waals surface area contributed by atoms with Crippen LogP contribution in [-0.2, 0) is 14.3 Å². The van der Waals surface area contributed by atoms with Gasteiger partial charge in [-0.3, -0.25) is 0 Å². The Labute approximate surface area is 113 Å². The lowest BCUT2D eigenvalue weighted by Crippen LogP contribution is -2.54. The first-order chi connectivity index (χ1) is 8.62. The van der Waals surface area contributed by atoms with E-state index in [9.17, 15) is 9.59 Å². The highest BCUT2D eigenvalue weighted by Gasteiger charge is 2.68. The van der Waals surface area contributed by atoms with Crippen LogP contribution in [-0.4, -0.2) is 22.6 Å². The third-order valence-corrected chi connectivity index (χ3v) is 5.81. The van der Waals surface area contributed by atoms with Crippen LogP contribution in [0, 0.1) is 16.7 Å². The molecule has 0 aromatic heterocycles. The van der Waals surface area contributed by atoms with Crippen LogP contribution >= 0.6 is 0 Å². The Kier molecular flexibility index (Phi) is 3.03. The van der Waals surface area contributed by atoms with Crippen molar-refractivity contribution in [2.45, 2.75) is 52.6 Å². The summed E-state index contributed by atoms with van der Waals surface area (Å²) in [5, 5.41) is 8.55. The largest absolute Gasteiger partial charge is 0.478 e. The summed E-state index contributed by atoms with van der Waals surface area (Å²) in [5.41, 5.74) is -0.622. The van der Waals surface area contributed by atoms with E-state index < -0.39 is 17.5 Å². The lowest BCUT2D eigenvalue weighted by molar-refractivity contribution is -0.187. The summed E-state index contributed by atoms with van der Waals surface area (Å²) < 4.78 is 5.71. The Balaban J connectivity index is 2.22. The number of hydrogen-bond donors (Lipinski definition) is 1. The van der Waals surface area contributed by atoms with E-state index in [1.165, 1.54) is 6.42 Å². The Hall–Kier alpha value is -1.32. The fourth-order valence-corrected chi connectivity index (χ4v) is 4.09. The second-order valence-electron chi connectivity index (χ2n) is 6.85. The molecule has 3 atom stereocenters. The first kappa shape index (κ1) is 14.1. The zero-order valence-electron chi connectivity index (χ0n) is 12.0. The molecule has 0 aromatic carbocycles. The molecule has 0 saturated heterocycles. The van der Waals surface area contributed by atoms with E-state index in [1.54, 1.807) is 0 Å². The molecule has 0 aliphatic heterocycles. The topological polar surface area (TPSA) is 63.6 Å². The van der Waals surface area contributed by atoms with Crippen LogP contribution in [0.5, 0.6) is 0 Å². The molecule has 0 heterocycles. The molecule has 4 nitrogen and oxygen atoms in total. The van der Waals surface area contributed by atoms with Crippen molar-refractivity contribution in [1.29, 1.82) is 0 Å². The van der Waals surface area contributed by atoms with Crippen molar-refractivity contribution < 1.29 is 19.4 Å². The molecule has 19 heavy (non-hydrogen) atoms. The molecule has 2 aliphatic rings. The normalized spacial score (nSPS) is 39.7. The van der Waals surface area contributed by atoms with Gasteiger partial charge in [0.25, 0.3) is 0 Å². The number of carboxylic acid groups (broad SMARTS) is 1. The number of carboxylic acids is 1. The molecule has 4 heteroatoms. The molecule has 0 amide bonds. The molecule has 2 aliphatic carbocycles. The van der Waals surface area contributed by atoms with Crippen LogP contribution in [0.2, 0.25) is 0 Å². The number of ether oxygens (including phenoxy) is 1. The summed E-state index contributed by atoms with van der Waals surface area (Å²) in [4.78, 5) is 22.3. The first-order valence-electron chi connectivity index (χ1n) is 6.76. The van der Waals surface area contributed by atoms with Crippen molar-refractivity contribution in [2.24, 2.45) is 16.7 Å². The Morgan fingerprint density at radius 2 is 1.84 bits per heavy atom. The fraction of sp³-hybridized carbons (Fsp3) is 0.733. The summed E-state index contributed by atoms with van der Waals surface area (Å²) in [6.07, 6.45) is 5.15. The first-order valence-corrected chi connectivity index (χ1v) is 6.76. The molecule has 1 N–H and O–H groups in total. The maximum atomic E-state index is 11.8. The highest BCUT2D eigenvalue weighted by molar-refractivity contribution is 5.91. The van der Waals surface area contributed by atoms with Crippen molar-refractivity contribution in [3.05, 3.63) is 12.2 Å². The Morgan fingerprint density at radius 3 is 2.32 bits per heavy atom. The minimum absolute atomic E-state index is 0.00606. The molecule has 0 radical (unpaired) electrons. The number of rotatable bonds is 3. The van der Waals surface area contributed by atoms with Gasteiger partial charge < -0.3 is 9.84 Å². The van der Waals surface area contributed by atoms with Crippen molar-refractivity contribution in [3.8, 4) is 0 Å². The highest BCUT2D eigenvalue weighted by atomic mass is 16.6. The predicted molar refractivity (Wildman–Crippen MR) is 70.5 cm³/mol. The Bertz CT molecular complexity index is 444. The van der Waals surface area contributed by atoms with E-state index in [0.717, 1.165) is 25.0 Å². The van der Waals surface area contributed by atoms with Gasteiger partial charge in [-0.15, -0.1) is 0 Å². The van der Waals surface area contributed by atoms with E-state index in [1.807, 2.05) is 6.92 Å². The van der Waals surface area contributed by atoms with Crippen molar-refractivity contribution in [3.63, 3.8) is 0 Å². The maximum absolute atomic E-state index is 11.8. The van der Waals surface area contributed by atoms with Gasteiger partial charge in [0, 0.05) is 23.0 Å². The minimum atomic E-state index is -1.14. The lowest BCUT2D eigenvalue weighted by Gasteiger charge is -2.50. The summed E-state index contributed by atoms with van der Waals surface area (Å²) in [6.45, 7) is 8.47. The van der Waals surface area contributed by atoms with E-state index in [4.69, 9.17) is 9.84 Å².